The summed E-state index contributed by atoms with van der Waals surface area (Å²) in [6, 6.07) is 6.54. The van der Waals surface area contributed by atoms with Gasteiger partial charge in [0.2, 0.25) is 0 Å². The van der Waals surface area contributed by atoms with Gasteiger partial charge in [-0.05, 0) is 43.9 Å². The molecule has 1 aromatic heterocycles. The van der Waals surface area contributed by atoms with Crippen molar-refractivity contribution in [3.8, 4) is 0 Å². The molecule has 1 aliphatic carbocycles. The maximum absolute atomic E-state index is 5.96. The van der Waals surface area contributed by atoms with Crippen molar-refractivity contribution in [2.24, 2.45) is 5.73 Å². The number of benzene rings is 1. The Labute approximate surface area is 108 Å². The maximum Gasteiger partial charge on any atom is 0.117 e. The Bertz CT molecular complexity index is 579. The Kier molecular flexibility index (Phi) is 2.67. The standard InChI is InChI=1S/C15H21N3/c1-3-8-18-13-5-4-11(2)9-12(13)17-14(18)15(10-16)6-7-15/h4-5,9H,3,6-8,10,16H2,1-2H3. The van der Waals surface area contributed by atoms with Crippen LogP contribution in [-0.2, 0) is 12.0 Å². The summed E-state index contributed by atoms with van der Waals surface area (Å²) in [6.07, 6.45) is 3.51. The van der Waals surface area contributed by atoms with Crippen molar-refractivity contribution in [3.63, 3.8) is 0 Å². The molecule has 0 amide bonds. The van der Waals surface area contributed by atoms with Crippen molar-refractivity contribution in [3.05, 3.63) is 29.6 Å². The molecule has 1 saturated carbocycles. The summed E-state index contributed by atoms with van der Waals surface area (Å²) in [5.41, 5.74) is 9.79. The van der Waals surface area contributed by atoms with Crippen LogP contribution in [-0.4, -0.2) is 16.1 Å². The largest absolute Gasteiger partial charge is 0.329 e. The Morgan fingerprint density at radius 2 is 2.17 bits per heavy atom. The summed E-state index contributed by atoms with van der Waals surface area (Å²) in [4.78, 5) is 4.88. The normalized spacial score (nSPS) is 17.3. The van der Waals surface area contributed by atoms with Crippen molar-refractivity contribution >= 4 is 11.0 Å². The highest BCUT2D eigenvalue weighted by molar-refractivity contribution is 5.77. The minimum Gasteiger partial charge on any atom is -0.329 e. The molecule has 18 heavy (non-hydrogen) atoms. The highest BCUT2D eigenvalue weighted by Crippen LogP contribution is 2.47. The summed E-state index contributed by atoms with van der Waals surface area (Å²) >= 11 is 0. The first kappa shape index (κ1) is 11.7. The zero-order valence-corrected chi connectivity index (χ0v) is 11.2. The zero-order chi connectivity index (χ0) is 12.8. The molecule has 0 atom stereocenters. The van der Waals surface area contributed by atoms with E-state index in [1.807, 2.05) is 0 Å². The van der Waals surface area contributed by atoms with Gasteiger partial charge >= 0.3 is 0 Å². The van der Waals surface area contributed by atoms with Crippen LogP contribution in [0.5, 0.6) is 0 Å². The number of aromatic nitrogens is 2. The third kappa shape index (κ3) is 1.65. The lowest BCUT2D eigenvalue weighted by Gasteiger charge is -2.14. The molecule has 0 spiro atoms. The molecule has 1 fully saturated rings. The molecule has 0 aliphatic heterocycles. The van der Waals surface area contributed by atoms with Gasteiger partial charge in [0.05, 0.1) is 11.0 Å². The van der Waals surface area contributed by atoms with Gasteiger partial charge in [-0.2, -0.15) is 0 Å². The second-order valence-corrected chi connectivity index (χ2v) is 5.56. The molecule has 96 valence electrons. The van der Waals surface area contributed by atoms with Gasteiger partial charge in [0, 0.05) is 18.5 Å². The SMILES string of the molecule is CCCn1c(C2(CN)CC2)nc2cc(C)ccc21. The molecule has 3 nitrogen and oxygen atoms in total. The Hall–Kier alpha value is -1.35. The summed E-state index contributed by atoms with van der Waals surface area (Å²) in [6.45, 7) is 6.09. The van der Waals surface area contributed by atoms with Crippen molar-refractivity contribution in [2.45, 2.75) is 45.1 Å². The number of imidazole rings is 1. The van der Waals surface area contributed by atoms with Crippen LogP contribution < -0.4 is 5.73 Å². The quantitative estimate of drug-likeness (QED) is 0.897. The second kappa shape index (κ2) is 4.09. The number of rotatable bonds is 4. The molecule has 0 radical (unpaired) electrons. The van der Waals surface area contributed by atoms with Crippen LogP contribution in [0, 0.1) is 6.92 Å². The van der Waals surface area contributed by atoms with E-state index in [0.29, 0.717) is 0 Å². The summed E-state index contributed by atoms with van der Waals surface area (Å²) < 4.78 is 2.38. The molecular weight excluding hydrogens is 222 g/mol. The van der Waals surface area contributed by atoms with Crippen LogP contribution in [0.25, 0.3) is 11.0 Å². The predicted octanol–water partition coefficient (Wildman–Crippen LogP) is 2.75. The summed E-state index contributed by atoms with van der Waals surface area (Å²) in [5.74, 6) is 1.22. The van der Waals surface area contributed by atoms with Gasteiger partial charge in [-0.1, -0.05) is 13.0 Å². The van der Waals surface area contributed by atoms with Crippen LogP contribution in [0.1, 0.15) is 37.6 Å². The van der Waals surface area contributed by atoms with Gasteiger partial charge in [0.25, 0.3) is 0 Å². The van der Waals surface area contributed by atoms with Gasteiger partial charge in [-0.15, -0.1) is 0 Å². The van der Waals surface area contributed by atoms with Crippen molar-refractivity contribution in [2.75, 3.05) is 6.54 Å². The molecule has 0 unspecified atom stereocenters. The first-order valence-electron chi connectivity index (χ1n) is 6.87. The van der Waals surface area contributed by atoms with Gasteiger partial charge in [0.15, 0.2) is 0 Å². The number of aryl methyl sites for hydroxylation is 2. The Morgan fingerprint density at radius 1 is 1.39 bits per heavy atom. The minimum atomic E-state index is 0.169. The first-order chi connectivity index (χ1) is 8.70. The van der Waals surface area contributed by atoms with Crippen LogP contribution in [0.15, 0.2) is 18.2 Å². The van der Waals surface area contributed by atoms with Crippen molar-refractivity contribution < 1.29 is 0 Å². The molecule has 1 aromatic carbocycles. The second-order valence-electron chi connectivity index (χ2n) is 5.56. The number of nitrogens with zero attached hydrogens (tertiary/aromatic N) is 2. The van der Waals surface area contributed by atoms with Gasteiger partial charge < -0.3 is 10.3 Å². The molecular formula is C15H21N3. The third-order valence-electron chi connectivity index (χ3n) is 4.07. The molecule has 1 aliphatic rings. The van der Waals surface area contributed by atoms with Gasteiger partial charge in [-0.25, -0.2) is 4.98 Å². The van der Waals surface area contributed by atoms with Gasteiger partial charge in [0.1, 0.15) is 5.82 Å². The van der Waals surface area contributed by atoms with E-state index in [1.54, 1.807) is 0 Å². The fourth-order valence-corrected chi connectivity index (χ4v) is 2.76. The Balaban J connectivity index is 2.20. The molecule has 2 aromatic rings. The van der Waals surface area contributed by atoms with Gasteiger partial charge in [-0.3, -0.25) is 0 Å². The average molecular weight is 243 g/mol. The molecule has 2 N–H and O–H groups in total. The van der Waals surface area contributed by atoms with E-state index >= 15 is 0 Å². The fraction of sp³-hybridized carbons (Fsp3) is 0.533. The first-order valence-corrected chi connectivity index (χ1v) is 6.87. The van der Waals surface area contributed by atoms with Crippen LogP contribution in [0.4, 0.5) is 0 Å². The number of hydrogen-bond donors (Lipinski definition) is 1. The topological polar surface area (TPSA) is 43.8 Å². The van der Waals surface area contributed by atoms with E-state index in [1.165, 1.54) is 29.7 Å². The fourth-order valence-electron chi connectivity index (χ4n) is 2.76. The van der Waals surface area contributed by atoms with E-state index in [4.69, 9.17) is 10.7 Å². The van der Waals surface area contributed by atoms with E-state index in [-0.39, 0.29) is 5.41 Å². The molecule has 0 bridgehead atoms. The van der Waals surface area contributed by atoms with Crippen LogP contribution in [0.3, 0.4) is 0 Å². The summed E-state index contributed by atoms with van der Waals surface area (Å²) in [5, 5.41) is 0. The summed E-state index contributed by atoms with van der Waals surface area (Å²) in [7, 11) is 0. The van der Waals surface area contributed by atoms with Crippen molar-refractivity contribution in [1.82, 2.24) is 9.55 Å². The number of hydrogen-bond acceptors (Lipinski definition) is 2. The lowest BCUT2D eigenvalue weighted by Crippen LogP contribution is -2.24. The zero-order valence-electron chi connectivity index (χ0n) is 11.2. The average Bonchev–Trinajstić information content (AvgIpc) is 3.08. The molecule has 3 rings (SSSR count). The number of fused-ring (bicyclic) bond motifs is 1. The highest BCUT2D eigenvalue weighted by Gasteiger charge is 2.46. The maximum atomic E-state index is 5.96. The highest BCUT2D eigenvalue weighted by atomic mass is 15.1. The van der Waals surface area contributed by atoms with E-state index in [2.05, 4.69) is 36.6 Å². The van der Waals surface area contributed by atoms with E-state index in [9.17, 15) is 0 Å². The monoisotopic (exact) mass is 243 g/mol. The van der Waals surface area contributed by atoms with Crippen LogP contribution >= 0.6 is 0 Å². The Morgan fingerprint density at radius 3 is 2.78 bits per heavy atom. The minimum absolute atomic E-state index is 0.169. The lowest BCUT2D eigenvalue weighted by molar-refractivity contribution is 0.572. The molecule has 3 heteroatoms. The van der Waals surface area contributed by atoms with Crippen molar-refractivity contribution in [1.29, 1.82) is 0 Å². The van der Waals surface area contributed by atoms with E-state index in [0.717, 1.165) is 25.0 Å². The van der Waals surface area contributed by atoms with E-state index < -0.39 is 0 Å². The predicted molar refractivity (Wildman–Crippen MR) is 74.7 cm³/mol. The molecule has 0 saturated heterocycles. The lowest BCUT2D eigenvalue weighted by atomic mass is 10.1. The number of nitrogens with two attached hydrogens (primary N) is 1. The third-order valence-corrected chi connectivity index (χ3v) is 4.07. The smallest absolute Gasteiger partial charge is 0.117 e. The van der Waals surface area contributed by atoms with Crippen LogP contribution in [0.2, 0.25) is 0 Å². The molecule has 1 heterocycles.